The maximum atomic E-state index is 8.26. The van der Waals surface area contributed by atoms with Crippen LogP contribution in [0, 0.1) is 13.8 Å². The Morgan fingerprint density at radius 2 is 1.36 bits per heavy atom. The van der Waals surface area contributed by atoms with Crippen LogP contribution in [-0.4, -0.2) is 4.32 Å². The molecule has 0 atom stereocenters. The summed E-state index contributed by atoms with van der Waals surface area (Å²) in [5, 5.41) is 0. The summed E-state index contributed by atoms with van der Waals surface area (Å²) in [5.74, 6) is 0. The summed E-state index contributed by atoms with van der Waals surface area (Å²) in [6, 6.07) is 0. The second kappa shape index (κ2) is 37.4. The van der Waals surface area contributed by atoms with Crippen LogP contribution in [0.1, 0.15) is 39.5 Å². The van der Waals surface area contributed by atoms with Gasteiger partial charge in [-0.1, -0.05) is 31.0 Å². The van der Waals surface area contributed by atoms with Gasteiger partial charge in [-0.15, -0.1) is 0 Å². The van der Waals surface area contributed by atoms with E-state index in [1.807, 2.05) is 0 Å². The Kier molecular flexibility index (Phi) is 64.2. The summed E-state index contributed by atoms with van der Waals surface area (Å²) in [6.07, 6.45) is 4.56. The molecule has 0 saturated carbocycles. The van der Waals surface area contributed by atoms with Crippen molar-refractivity contribution in [1.29, 1.82) is 0 Å². The molecule has 0 aliphatic rings. The maximum absolute atomic E-state index is 8.26. The molecular weight excluding hydrogens is 298 g/mol. The van der Waals surface area contributed by atoms with Crippen LogP contribution in [0.5, 0.6) is 0 Å². The summed E-state index contributed by atoms with van der Waals surface area (Å²) in [4.78, 5) is 0. The molecule has 0 fully saturated rings. The Labute approximate surface area is 111 Å². The van der Waals surface area contributed by atoms with Gasteiger partial charge in [-0.2, -0.15) is 12.8 Å². The molecule has 0 aromatic carbocycles. The fraction of sp³-hybridized carbons (Fsp3) is 0.667. The van der Waals surface area contributed by atoms with Crippen molar-refractivity contribution >= 4 is 29.2 Å². The van der Waals surface area contributed by atoms with Gasteiger partial charge in [-0.05, 0) is 0 Å². The zero-order valence-corrected chi connectivity index (χ0v) is 12.6. The van der Waals surface area contributed by atoms with Crippen LogP contribution in [0.3, 0.4) is 0 Å². The molecule has 0 aromatic rings. The topological polar surface area (TPSA) is 43.1 Å². The van der Waals surface area contributed by atoms with E-state index in [4.69, 9.17) is 3.40 Å². The third kappa shape index (κ3) is 251. The van der Waals surface area contributed by atoms with Crippen LogP contribution >= 0.6 is 12.2 Å². The molecule has 0 rings (SSSR count). The van der Waals surface area contributed by atoms with Gasteiger partial charge in [-0.3, -0.25) is 0 Å². The SMILES string of the molecule is NC(=S)[S-].[CH2-]CCC.[CH2-]CCC.[O]=[Mo]. The molecule has 0 amide bonds. The second-order valence-electron chi connectivity index (χ2n) is 2.03. The summed E-state index contributed by atoms with van der Waals surface area (Å²) < 4.78 is 8.34. The fourth-order valence-corrected chi connectivity index (χ4v) is 0. The van der Waals surface area contributed by atoms with Gasteiger partial charge in [0, 0.05) is 0 Å². The van der Waals surface area contributed by atoms with Gasteiger partial charge in [-0.25, -0.2) is 0 Å². The molecule has 0 aliphatic heterocycles. The van der Waals surface area contributed by atoms with Crippen LogP contribution in [0.25, 0.3) is 0 Å². The molecule has 5 heteroatoms. The van der Waals surface area contributed by atoms with Crippen molar-refractivity contribution in [3.8, 4) is 0 Å². The first-order chi connectivity index (χ1) is 6.56. The molecule has 0 aromatic heterocycles. The Balaban J connectivity index is -0.0000000492. The van der Waals surface area contributed by atoms with Crippen molar-refractivity contribution < 1.29 is 23.2 Å². The molecule has 0 bridgehead atoms. The normalized spacial score (nSPS) is 6.29. The molecule has 0 saturated heterocycles. The summed E-state index contributed by atoms with van der Waals surface area (Å²) >= 11 is 8.96. The third-order valence-electron chi connectivity index (χ3n) is 0.707. The molecule has 0 aliphatic carbocycles. The van der Waals surface area contributed by atoms with E-state index in [0.717, 1.165) is 12.8 Å². The summed E-state index contributed by atoms with van der Waals surface area (Å²) in [7, 11) is 0. The molecule has 0 heterocycles. The number of hydrogen-bond acceptors (Lipinski definition) is 3. The third-order valence-corrected chi connectivity index (χ3v) is 0.707. The van der Waals surface area contributed by atoms with Crippen LogP contribution in [-0.2, 0) is 35.8 Å². The van der Waals surface area contributed by atoms with Gasteiger partial charge in [0.1, 0.15) is 0 Å². The van der Waals surface area contributed by atoms with Gasteiger partial charge in [0.15, 0.2) is 0 Å². The van der Waals surface area contributed by atoms with Gasteiger partial charge in [0.25, 0.3) is 0 Å². The standard InChI is InChI=1S/2C4H9.CH3NS2.Mo.O/c2*1-3-4-2;2-1(3)4;;/h2*1,3-4H2,2H3;(H3,2,3,4);;/q2*-1;;;/p-1. The molecule has 0 spiro atoms. The Bertz CT molecular complexity index is 82.9. The molecule has 0 radical (unpaired) electrons. The molecule has 2 nitrogen and oxygen atoms in total. The van der Waals surface area contributed by atoms with Crippen LogP contribution in [0.2, 0.25) is 0 Å². The summed E-state index contributed by atoms with van der Waals surface area (Å²) in [6.45, 7) is 11.4. The van der Waals surface area contributed by atoms with Crippen molar-refractivity contribution in [2.24, 2.45) is 5.73 Å². The van der Waals surface area contributed by atoms with Crippen molar-refractivity contribution in [2.45, 2.75) is 39.5 Å². The van der Waals surface area contributed by atoms with Crippen molar-refractivity contribution in [1.82, 2.24) is 0 Å². The first kappa shape index (κ1) is 24.0. The Morgan fingerprint density at radius 1 is 1.29 bits per heavy atom. The predicted octanol–water partition coefficient (Wildman–Crippen LogP) is 2.90. The van der Waals surface area contributed by atoms with E-state index in [1.54, 1.807) is 0 Å². The predicted molar refractivity (Wildman–Crippen MR) is 65.4 cm³/mol. The second-order valence-corrected chi connectivity index (χ2v) is 3.16. The number of rotatable bonds is 2. The van der Waals surface area contributed by atoms with E-state index in [0.29, 0.717) is 19.8 Å². The van der Waals surface area contributed by atoms with Gasteiger partial charge in [0.2, 0.25) is 0 Å². The quantitative estimate of drug-likeness (QED) is 0.368. The average Bonchev–Trinajstić information content (AvgIpc) is 2.20. The molecule has 14 heavy (non-hydrogen) atoms. The van der Waals surface area contributed by atoms with Crippen molar-refractivity contribution in [3.63, 3.8) is 0 Å². The van der Waals surface area contributed by atoms with E-state index < -0.39 is 0 Å². The molecule has 88 valence electrons. The van der Waals surface area contributed by atoms with Crippen molar-refractivity contribution in [2.75, 3.05) is 0 Å². The van der Waals surface area contributed by atoms with E-state index in [9.17, 15) is 0 Å². The molecular formula is C9H20MoNOS2-3. The van der Waals surface area contributed by atoms with E-state index in [1.165, 1.54) is 12.8 Å². The zero-order valence-electron chi connectivity index (χ0n) is 8.95. The molecule has 0 unspecified atom stereocenters. The van der Waals surface area contributed by atoms with Crippen LogP contribution < -0.4 is 5.73 Å². The zero-order chi connectivity index (χ0) is 12.4. The van der Waals surface area contributed by atoms with E-state index in [2.05, 4.69) is 58.3 Å². The van der Waals surface area contributed by atoms with E-state index >= 15 is 0 Å². The minimum atomic E-state index is 0.0833. The Hall–Kier alpha value is 0.598. The van der Waals surface area contributed by atoms with Crippen LogP contribution in [0.15, 0.2) is 0 Å². The Morgan fingerprint density at radius 3 is 1.36 bits per heavy atom. The number of nitrogens with two attached hydrogens (primary N) is 1. The van der Waals surface area contributed by atoms with Gasteiger partial charge < -0.3 is 44.4 Å². The average molecular weight is 318 g/mol. The van der Waals surface area contributed by atoms with Gasteiger partial charge >= 0.3 is 23.2 Å². The number of hydrogen-bond donors (Lipinski definition) is 1. The summed E-state index contributed by atoms with van der Waals surface area (Å²) in [5.41, 5.74) is 4.66. The fourth-order valence-electron chi connectivity index (χ4n) is 0. The number of thiocarbonyl (C=S) groups is 1. The van der Waals surface area contributed by atoms with Crippen molar-refractivity contribution in [3.05, 3.63) is 13.8 Å². The molecule has 2 N–H and O–H groups in total. The van der Waals surface area contributed by atoms with E-state index in [-0.39, 0.29) is 4.32 Å². The van der Waals surface area contributed by atoms with Gasteiger partial charge in [0.05, 0.1) is 0 Å². The number of unbranched alkanes of at least 4 members (excludes halogenated alkanes) is 2. The first-order valence-corrected chi connectivity index (χ1v) is 5.91. The monoisotopic (exact) mass is 320 g/mol. The van der Waals surface area contributed by atoms with Crippen LogP contribution in [0.4, 0.5) is 0 Å². The minimum absolute atomic E-state index is 0.0833. The first-order valence-electron chi connectivity index (χ1n) is 4.28.